The lowest BCUT2D eigenvalue weighted by molar-refractivity contribution is -0.384. The molecule has 0 amide bonds. The van der Waals surface area contributed by atoms with E-state index in [9.17, 15) is 23.6 Å². The fourth-order valence-electron chi connectivity index (χ4n) is 3.64. The normalized spacial score (nSPS) is 12.5. The summed E-state index contributed by atoms with van der Waals surface area (Å²) < 4.78 is 33.6. The van der Waals surface area contributed by atoms with Crippen molar-refractivity contribution in [2.24, 2.45) is 0 Å². The Bertz CT molecular complexity index is 1010. The molecule has 1 atom stereocenters. The predicted molar refractivity (Wildman–Crippen MR) is 133 cm³/mol. The minimum absolute atomic E-state index is 0.00766. The lowest BCUT2D eigenvalue weighted by atomic mass is 10.2. The van der Waals surface area contributed by atoms with E-state index in [-0.39, 0.29) is 35.1 Å². The van der Waals surface area contributed by atoms with Gasteiger partial charge in [-0.1, -0.05) is 44.9 Å². The maximum absolute atomic E-state index is 13.6. The van der Waals surface area contributed by atoms with Gasteiger partial charge in [-0.3, -0.25) is 14.4 Å². The van der Waals surface area contributed by atoms with E-state index in [0.717, 1.165) is 49.1 Å². The number of unbranched alkanes of at least 4 members (excludes halogenated alkanes) is 2. The molecule has 0 saturated heterocycles. The van der Waals surface area contributed by atoms with Crippen LogP contribution in [0.3, 0.4) is 0 Å². The number of sulfonamides is 1. The zero-order valence-electron chi connectivity index (χ0n) is 20.1. The number of ether oxygens (including phenoxy) is 1. The molecular formula is C24H35N3O6S. The predicted octanol–water partition coefficient (Wildman–Crippen LogP) is 4.06. The van der Waals surface area contributed by atoms with E-state index < -0.39 is 21.1 Å². The Morgan fingerprint density at radius 1 is 1.03 bits per heavy atom. The van der Waals surface area contributed by atoms with Gasteiger partial charge in [-0.25, -0.2) is 8.42 Å². The Morgan fingerprint density at radius 2 is 1.65 bits per heavy atom. The van der Waals surface area contributed by atoms with E-state index in [0.29, 0.717) is 0 Å². The summed E-state index contributed by atoms with van der Waals surface area (Å²) in [7, 11) is -2.77. The molecule has 0 fully saturated rings. The largest absolute Gasteiger partial charge is 0.495 e. The Labute approximate surface area is 202 Å². The van der Waals surface area contributed by atoms with Crippen molar-refractivity contribution in [3.05, 3.63) is 58.6 Å². The first-order valence-corrected chi connectivity index (χ1v) is 13.0. The molecule has 0 aliphatic carbocycles. The second kappa shape index (κ2) is 13.3. The van der Waals surface area contributed by atoms with Crippen molar-refractivity contribution in [1.29, 1.82) is 0 Å². The number of hydrogen-bond donors (Lipinski definition) is 1. The van der Waals surface area contributed by atoms with Gasteiger partial charge in [0.2, 0.25) is 0 Å². The van der Waals surface area contributed by atoms with Gasteiger partial charge in [-0.05, 0) is 44.1 Å². The molecule has 0 saturated carbocycles. The molecule has 1 N–H and O–H groups in total. The van der Waals surface area contributed by atoms with E-state index in [1.807, 2.05) is 0 Å². The van der Waals surface area contributed by atoms with Gasteiger partial charge in [0.05, 0.1) is 29.6 Å². The summed E-state index contributed by atoms with van der Waals surface area (Å²) in [6.45, 7) is 5.81. The van der Waals surface area contributed by atoms with Crippen LogP contribution in [0.5, 0.6) is 5.75 Å². The number of hydrogen-bond acceptors (Lipinski definition) is 7. The molecule has 2 rings (SSSR count). The second-order valence-corrected chi connectivity index (χ2v) is 9.99. The van der Waals surface area contributed by atoms with Gasteiger partial charge in [0.1, 0.15) is 11.4 Å². The smallest absolute Gasteiger partial charge is 0.271 e. The highest BCUT2D eigenvalue weighted by Gasteiger charge is 2.31. The molecule has 0 radical (unpaired) electrons. The van der Waals surface area contributed by atoms with Crippen LogP contribution in [0.2, 0.25) is 0 Å². The van der Waals surface area contributed by atoms with Gasteiger partial charge in [-0.2, -0.15) is 0 Å². The van der Waals surface area contributed by atoms with Crippen molar-refractivity contribution in [1.82, 2.24) is 4.90 Å². The summed E-state index contributed by atoms with van der Waals surface area (Å²) in [5.41, 5.74) is -0.265. The lowest BCUT2D eigenvalue weighted by Crippen LogP contribution is -2.43. The number of methoxy groups -OCH3 is 1. The summed E-state index contributed by atoms with van der Waals surface area (Å²) in [4.78, 5) is 13.0. The Balaban J connectivity index is 2.46. The molecule has 0 bridgehead atoms. The number of nitro groups is 1. The summed E-state index contributed by atoms with van der Waals surface area (Å²) in [5, 5.41) is 22.4. The zero-order chi connectivity index (χ0) is 25.1. The summed E-state index contributed by atoms with van der Waals surface area (Å²) in [6.07, 6.45) is 2.95. The molecular weight excluding hydrogens is 458 g/mol. The Hall–Kier alpha value is -2.69. The average molecular weight is 494 g/mol. The second-order valence-electron chi connectivity index (χ2n) is 8.12. The van der Waals surface area contributed by atoms with Crippen molar-refractivity contribution in [3.63, 3.8) is 0 Å². The van der Waals surface area contributed by atoms with Gasteiger partial charge < -0.3 is 14.7 Å². The van der Waals surface area contributed by atoms with E-state index in [1.165, 1.54) is 31.4 Å². The van der Waals surface area contributed by atoms with E-state index in [4.69, 9.17) is 4.74 Å². The van der Waals surface area contributed by atoms with Crippen LogP contribution >= 0.6 is 0 Å². The lowest BCUT2D eigenvalue weighted by Gasteiger charge is -2.30. The molecule has 0 aliphatic heterocycles. The van der Waals surface area contributed by atoms with Crippen LogP contribution < -0.4 is 9.04 Å². The van der Waals surface area contributed by atoms with Gasteiger partial charge in [0.25, 0.3) is 15.7 Å². The molecule has 0 aliphatic rings. The topological polar surface area (TPSA) is 113 Å². The number of non-ortho nitro benzene ring substituents is 1. The van der Waals surface area contributed by atoms with Crippen molar-refractivity contribution in [2.75, 3.05) is 37.6 Å². The summed E-state index contributed by atoms with van der Waals surface area (Å²) >= 11 is 0. The third-order valence-electron chi connectivity index (χ3n) is 5.47. The van der Waals surface area contributed by atoms with Crippen LogP contribution in [-0.4, -0.2) is 62.7 Å². The van der Waals surface area contributed by atoms with Gasteiger partial charge in [0.15, 0.2) is 0 Å². The maximum atomic E-state index is 13.6. The van der Waals surface area contributed by atoms with E-state index >= 15 is 0 Å². The standard InChI is InChI=1S/C24H35N3O6S/c1-4-6-15-25(16-7-5-2)18-21(28)19-26(34(31,32)22-11-9-8-10-12-22)23-17-20(27(29)30)13-14-24(23)33-3/h8-14,17,21,28H,4-7,15-16,18-19H2,1-3H3/t21-/m1/s1. The molecule has 0 aromatic heterocycles. The quantitative estimate of drug-likeness (QED) is 0.294. The fourth-order valence-corrected chi connectivity index (χ4v) is 5.16. The maximum Gasteiger partial charge on any atom is 0.271 e. The Morgan fingerprint density at radius 3 is 2.18 bits per heavy atom. The highest BCUT2D eigenvalue weighted by atomic mass is 32.2. The summed E-state index contributed by atoms with van der Waals surface area (Å²) in [5.74, 6) is 0.158. The molecule has 0 unspecified atom stereocenters. The average Bonchev–Trinajstić information content (AvgIpc) is 2.84. The first-order valence-electron chi connectivity index (χ1n) is 11.5. The fraction of sp³-hybridized carbons (Fsp3) is 0.500. The number of aliphatic hydroxyl groups is 1. The number of nitro benzene ring substituents is 1. The molecule has 34 heavy (non-hydrogen) atoms. The van der Waals surface area contributed by atoms with Crippen molar-refractivity contribution < 1.29 is 23.2 Å². The van der Waals surface area contributed by atoms with Crippen molar-refractivity contribution >= 4 is 21.4 Å². The van der Waals surface area contributed by atoms with E-state index in [1.54, 1.807) is 18.2 Å². The first kappa shape index (κ1) is 27.6. The number of rotatable bonds is 15. The van der Waals surface area contributed by atoms with Crippen LogP contribution in [0.25, 0.3) is 0 Å². The number of aliphatic hydroxyl groups excluding tert-OH is 1. The number of anilines is 1. The highest BCUT2D eigenvalue weighted by molar-refractivity contribution is 7.92. The zero-order valence-corrected chi connectivity index (χ0v) is 20.9. The van der Waals surface area contributed by atoms with Crippen LogP contribution in [0, 0.1) is 10.1 Å². The third kappa shape index (κ3) is 7.41. The third-order valence-corrected chi connectivity index (χ3v) is 7.27. The van der Waals surface area contributed by atoms with Crippen LogP contribution in [0.1, 0.15) is 39.5 Å². The van der Waals surface area contributed by atoms with Gasteiger partial charge in [0, 0.05) is 18.7 Å². The summed E-state index contributed by atoms with van der Waals surface area (Å²) in [6, 6.07) is 11.6. The Kier molecular flexibility index (Phi) is 10.7. The molecule has 188 valence electrons. The van der Waals surface area contributed by atoms with Crippen molar-refractivity contribution in [2.45, 2.75) is 50.5 Å². The minimum atomic E-state index is -4.14. The highest BCUT2D eigenvalue weighted by Crippen LogP contribution is 2.35. The monoisotopic (exact) mass is 493 g/mol. The van der Waals surface area contributed by atoms with Gasteiger partial charge >= 0.3 is 0 Å². The van der Waals surface area contributed by atoms with Crippen LogP contribution in [-0.2, 0) is 10.0 Å². The van der Waals surface area contributed by atoms with Crippen LogP contribution in [0.4, 0.5) is 11.4 Å². The van der Waals surface area contributed by atoms with Crippen LogP contribution in [0.15, 0.2) is 53.4 Å². The van der Waals surface area contributed by atoms with Crippen molar-refractivity contribution in [3.8, 4) is 5.75 Å². The molecule has 10 heteroatoms. The van der Waals surface area contributed by atoms with Gasteiger partial charge in [-0.15, -0.1) is 0 Å². The molecule has 0 spiro atoms. The molecule has 2 aromatic carbocycles. The molecule has 9 nitrogen and oxygen atoms in total. The number of nitrogens with zero attached hydrogens (tertiary/aromatic N) is 3. The molecule has 0 heterocycles. The number of benzene rings is 2. The van der Waals surface area contributed by atoms with E-state index in [2.05, 4.69) is 18.7 Å². The molecule has 2 aromatic rings. The first-order chi connectivity index (χ1) is 16.2. The SMILES string of the molecule is CCCCN(CCCC)C[C@@H](O)CN(c1cc([N+](=O)[O-])ccc1OC)S(=O)(=O)c1ccccc1. The minimum Gasteiger partial charge on any atom is -0.495 e.